The van der Waals surface area contributed by atoms with Crippen LogP contribution in [0.3, 0.4) is 0 Å². The summed E-state index contributed by atoms with van der Waals surface area (Å²) in [4.78, 5) is 5.17. The van der Waals surface area contributed by atoms with Crippen LogP contribution in [0.5, 0.6) is 5.75 Å². The van der Waals surface area contributed by atoms with Gasteiger partial charge in [0.2, 0.25) is 0 Å². The van der Waals surface area contributed by atoms with E-state index in [0.29, 0.717) is 23.4 Å². The van der Waals surface area contributed by atoms with E-state index in [9.17, 15) is 4.39 Å². The summed E-state index contributed by atoms with van der Waals surface area (Å²) in [6.45, 7) is 4.29. The fourth-order valence-electron chi connectivity index (χ4n) is 5.66. The molecule has 0 unspecified atom stereocenters. The van der Waals surface area contributed by atoms with Gasteiger partial charge in [0.25, 0.3) is 0 Å². The Kier molecular flexibility index (Phi) is 7.04. The summed E-state index contributed by atoms with van der Waals surface area (Å²) >= 11 is 0. The number of ether oxygens (including phenoxy) is 2. The van der Waals surface area contributed by atoms with Crippen molar-refractivity contribution in [3.63, 3.8) is 0 Å². The van der Waals surface area contributed by atoms with Crippen molar-refractivity contribution in [2.24, 2.45) is 12.8 Å². The van der Waals surface area contributed by atoms with Crippen LogP contribution >= 0.6 is 0 Å². The maximum absolute atomic E-state index is 15.8. The van der Waals surface area contributed by atoms with E-state index in [2.05, 4.69) is 27.4 Å². The molecular weight excluding hydrogens is 526 g/mol. The zero-order valence-corrected chi connectivity index (χ0v) is 23.5. The number of hydrogen-bond acceptors (Lipinski definition) is 6. The predicted octanol–water partition coefficient (Wildman–Crippen LogP) is 5.81. The Hall–Kier alpha value is -4.15. The molecule has 1 aliphatic rings. The second-order valence-electron chi connectivity index (χ2n) is 10.5. The molecule has 0 aliphatic heterocycles. The average molecular weight is 559 g/mol. The number of H-pyrrole nitrogens is 1. The highest BCUT2D eigenvalue weighted by molar-refractivity contribution is 5.91. The van der Waals surface area contributed by atoms with E-state index in [1.54, 1.807) is 7.11 Å². The molecule has 0 saturated carbocycles. The third-order valence-electron chi connectivity index (χ3n) is 7.81. The maximum Gasteiger partial charge on any atom is 0.137 e. The highest BCUT2D eigenvalue weighted by atomic mass is 19.1. The van der Waals surface area contributed by atoms with Crippen LogP contribution in [-0.2, 0) is 24.6 Å². The van der Waals surface area contributed by atoms with Crippen molar-refractivity contribution in [3.05, 3.63) is 70.5 Å². The Balaban J connectivity index is 1.64. The molecular formula is C31H32F2N6O2. The molecule has 41 heavy (non-hydrogen) atoms. The number of halogens is 2. The molecule has 0 fully saturated rings. The summed E-state index contributed by atoms with van der Waals surface area (Å²) in [6.07, 6.45) is 2.36. The molecule has 10 heteroatoms. The lowest BCUT2D eigenvalue weighted by Gasteiger charge is -2.20. The lowest BCUT2D eigenvalue weighted by atomic mass is 9.90. The first-order valence-corrected chi connectivity index (χ1v) is 13.7. The van der Waals surface area contributed by atoms with Gasteiger partial charge in [-0.3, -0.25) is 9.78 Å². The van der Waals surface area contributed by atoms with Crippen LogP contribution in [0.4, 0.5) is 8.78 Å². The van der Waals surface area contributed by atoms with Crippen molar-refractivity contribution in [1.82, 2.24) is 25.0 Å². The molecule has 3 N–H and O–H groups in total. The first kappa shape index (κ1) is 27.0. The Bertz CT molecular complexity index is 1770. The van der Waals surface area contributed by atoms with E-state index < -0.39 is 11.6 Å². The minimum absolute atomic E-state index is 0.0952. The molecule has 212 valence electrons. The number of fused-ring (bicyclic) bond motifs is 2. The number of rotatable bonds is 8. The summed E-state index contributed by atoms with van der Waals surface area (Å²) < 4.78 is 43.1. The highest BCUT2D eigenvalue weighted by Gasteiger charge is 2.30. The van der Waals surface area contributed by atoms with Crippen LogP contribution in [0.2, 0.25) is 0 Å². The van der Waals surface area contributed by atoms with E-state index in [1.807, 2.05) is 37.7 Å². The number of methoxy groups -OCH3 is 1. The molecule has 6 rings (SSSR count). The van der Waals surface area contributed by atoms with Crippen LogP contribution in [0.25, 0.3) is 44.7 Å². The van der Waals surface area contributed by atoms with Gasteiger partial charge in [0.1, 0.15) is 29.7 Å². The maximum atomic E-state index is 15.8. The van der Waals surface area contributed by atoms with Crippen molar-refractivity contribution in [2.45, 2.75) is 39.2 Å². The van der Waals surface area contributed by atoms with Gasteiger partial charge in [-0.2, -0.15) is 10.2 Å². The molecule has 1 atom stereocenters. The summed E-state index contributed by atoms with van der Waals surface area (Å²) in [5.74, 6) is -1.35. The third kappa shape index (κ3) is 4.76. The number of nitrogens with zero attached hydrogens (tertiary/aromatic N) is 4. The minimum Gasteiger partial charge on any atom is -0.490 e. The monoisotopic (exact) mass is 558 g/mol. The predicted molar refractivity (Wildman–Crippen MR) is 154 cm³/mol. The number of aryl methyl sites for hydroxylation is 2. The van der Waals surface area contributed by atoms with Gasteiger partial charge in [-0.25, -0.2) is 13.8 Å². The topological polar surface area (TPSA) is 104 Å². The smallest absolute Gasteiger partial charge is 0.137 e. The average Bonchev–Trinajstić information content (AvgIpc) is 3.68. The van der Waals surface area contributed by atoms with Crippen molar-refractivity contribution in [3.8, 4) is 39.5 Å². The molecule has 2 aromatic carbocycles. The quantitative estimate of drug-likeness (QED) is 0.233. The molecule has 0 spiro atoms. The fraction of sp³-hybridized carbons (Fsp3) is 0.323. The zero-order chi connectivity index (χ0) is 28.8. The molecule has 1 aliphatic carbocycles. The van der Waals surface area contributed by atoms with Crippen molar-refractivity contribution in [1.29, 1.82) is 0 Å². The standard InChI is InChI=1S/C31H32F2N6O2/c1-16(34)24-15-26(37-36-24)31-28(29-23(33)13-19(32)14-27(29)41-11-10-40-4)21-6-5-7-22(21)30(35-31)18-8-9-20-17(2)39(3)38-25(20)12-18/h8-9,12-16H,5-7,10-11,34H2,1-4H3,(H,36,37)/t16-/m1/s1. The van der Waals surface area contributed by atoms with E-state index in [4.69, 9.17) is 20.2 Å². The third-order valence-corrected chi connectivity index (χ3v) is 7.81. The summed E-state index contributed by atoms with van der Waals surface area (Å²) in [7, 11) is 3.47. The van der Waals surface area contributed by atoms with Crippen LogP contribution in [0.15, 0.2) is 36.4 Å². The van der Waals surface area contributed by atoms with Crippen LogP contribution in [-0.4, -0.2) is 45.3 Å². The van der Waals surface area contributed by atoms with E-state index >= 15 is 4.39 Å². The Labute approximate surface area is 236 Å². The summed E-state index contributed by atoms with van der Waals surface area (Å²) in [6, 6.07) is 9.79. The fourth-order valence-corrected chi connectivity index (χ4v) is 5.66. The molecule has 3 aromatic heterocycles. The number of benzene rings is 2. The first-order valence-electron chi connectivity index (χ1n) is 13.7. The van der Waals surface area contributed by atoms with Gasteiger partial charge in [0, 0.05) is 54.5 Å². The van der Waals surface area contributed by atoms with Gasteiger partial charge in [-0.15, -0.1) is 0 Å². The lowest BCUT2D eigenvalue weighted by molar-refractivity contribution is 0.146. The van der Waals surface area contributed by atoms with Crippen LogP contribution in [0.1, 0.15) is 41.9 Å². The van der Waals surface area contributed by atoms with E-state index in [-0.39, 0.29) is 30.6 Å². The summed E-state index contributed by atoms with van der Waals surface area (Å²) in [5.41, 5.74) is 14.2. The number of hydrogen-bond donors (Lipinski definition) is 2. The second-order valence-corrected chi connectivity index (χ2v) is 10.5. The SMILES string of the molecule is COCCOc1cc(F)cc(F)c1-c1c(-c2cc([C@@H](C)N)[nH]n2)nc(-c2ccc3c(C)n(C)nc3c2)c2c1CCC2. The number of aromatic nitrogens is 5. The number of pyridine rings is 1. The van der Waals surface area contributed by atoms with Gasteiger partial charge in [0.15, 0.2) is 0 Å². The zero-order valence-electron chi connectivity index (χ0n) is 23.5. The van der Waals surface area contributed by atoms with Gasteiger partial charge >= 0.3 is 0 Å². The van der Waals surface area contributed by atoms with Crippen molar-refractivity contribution >= 4 is 10.9 Å². The molecule has 5 aromatic rings. The van der Waals surface area contributed by atoms with Gasteiger partial charge in [0.05, 0.1) is 34.8 Å². The van der Waals surface area contributed by atoms with Crippen molar-refractivity contribution < 1.29 is 18.3 Å². The van der Waals surface area contributed by atoms with E-state index in [0.717, 1.165) is 63.6 Å². The minimum atomic E-state index is -0.726. The van der Waals surface area contributed by atoms with Crippen molar-refractivity contribution in [2.75, 3.05) is 20.3 Å². The Morgan fingerprint density at radius 2 is 1.85 bits per heavy atom. The number of nitrogens with one attached hydrogen (secondary N) is 1. The van der Waals surface area contributed by atoms with Gasteiger partial charge < -0.3 is 15.2 Å². The van der Waals surface area contributed by atoms with Crippen LogP contribution < -0.4 is 10.5 Å². The van der Waals surface area contributed by atoms with E-state index in [1.165, 1.54) is 6.07 Å². The highest BCUT2D eigenvalue weighted by Crippen LogP contribution is 2.47. The molecule has 0 saturated heterocycles. The molecule has 0 amide bonds. The van der Waals surface area contributed by atoms with Crippen LogP contribution in [0, 0.1) is 18.6 Å². The van der Waals surface area contributed by atoms with Gasteiger partial charge in [-0.05, 0) is 56.4 Å². The normalized spacial score (nSPS) is 13.6. The number of aromatic amines is 1. The Morgan fingerprint density at radius 1 is 1.05 bits per heavy atom. The molecule has 8 nitrogen and oxygen atoms in total. The second kappa shape index (κ2) is 10.7. The lowest BCUT2D eigenvalue weighted by Crippen LogP contribution is -2.08. The molecule has 3 heterocycles. The Morgan fingerprint density at radius 3 is 2.61 bits per heavy atom. The summed E-state index contributed by atoms with van der Waals surface area (Å²) in [5, 5.41) is 13.3. The largest absolute Gasteiger partial charge is 0.490 e. The van der Waals surface area contributed by atoms with Gasteiger partial charge in [-0.1, -0.05) is 12.1 Å². The first-order chi connectivity index (χ1) is 19.8. The number of nitrogens with two attached hydrogens (primary N) is 1. The molecule has 0 bridgehead atoms. The molecule has 0 radical (unpaired) electrons.